The zero-order chi connectivity index (χ0) is 9.68. The van der Waals surface area contributed by atoms with Crippen LogP contribution < -0.4 is 10.3 Å². The van der Waals surface area contributed by atoms with Crippen molar-refractivity contribution in [1.29, 1.82) is 0 Å². The standard InChI is InChI=1S/C9H13NO3/c1-13-8-4-2-5-10(9(8)12)6-3-7-11/h2,4-5,11H,3,6-7H2,1H3. The summed E-state index contributed by atoms with van der Waals surface area (Å²) < 4.78 is 6.39. The molecule has 0 unspecified atom stereocenters. The summed E-state index contributed by atoms with van der Waals surface area (Å²) in [4.78, 5) is 11.5. The summed E-state index contributed by atoms with van der Waals surface area (Å²) >= 11 is 0. The van der Waals surface area contributed by atoms with Gasteiger partial charge in [-0.1, -0.05) is 0 Å². The van der Waals surface area contributed by atoms with Crippen LogP contribution in [0.1, 0.15) is 6.42 Å². The fraction of sp³-hybridized carbons (Fsp3) is 0.444. The summed E-state index contributed by atoms with van der Waals surface area (Å²) in [5.74, 6) is 0.334. The van der Waals surface area contributed by atoms with Gasteiger partial charge in [0, 0.05) is 19.3 Å². The van der Waals surface area contributed by atoms with Crippen LogP contribution >= 0.6 is 0 Å². The number of hydrogen-bond donors (Lipinski definition) is 1. The Morgan fingerprint density at radius 2 is 2.38 bits per heavy atom. The van der Waals surface area contributed by atoms with Gasteiger partial charge in [-0.05, 0) is 18.6 Å². The molecule has 4 heteroatoms. The van der Waals surface area contributed by atoms with E-state index in [2.05, 4.69) is 0 Å². The highest BCUT2D eigenvalue weighted by Crippen LogP contribution is 2.00. The van der Waals surface area contributed by atoms with Crippen molar-refractivity contribution in [3.8, 4) is 5.75 Å². The molecule has 1 aromatic rings. The van der Waals surface area contributed by atoms with Gasteiger partial charge < -0.3 is 14.4 Å². The number of aliphatic hydroxyl groups excluding tert-OH is 1. The SMILES string of the molecule is COc1cccn(CCCO)c1=O. The van der Waals surface area contributed by atoms with Gasteiger partial charge in [0.2, 0.25) is 0 Å². The van der Waals surface area contributed by atoms with Crippen molar-refractivity contribution in [1.82, 2.24) is 4.57 Å². The number of rotatable bonds is 4. The second-order valence-electron chi connectivity index (χ2n) is 2.65. The molecule has 0 saturated carbocycles. The van der Waals surface area contributed by atoms with Crippen molar-refractivity contribution in [3.63, 3.8) is 0 Å². The van der Waals surface area contributed by atoms with Gasteiger partial charge in [-0.3, -0.25) is 4.79 Å². The maximum Gasteiger partial charge on any atom is 0.292 e. The Labute approximate surface area is 76.4 Å². The lowest BCUT2D eigenvalue weighted by Gasteiger charge is -2.05. The first-order chi connectivity index (χ1) is 6.29. The summed E-state index contributed by atoms with van der Waals surface area (Å²) in [6.45, 7) is 0.607. The molecule has 0 radical (unpaired) electrons. The molecule has 13 heavy (non-hydrogen) atoms. The number of aromatic nitrogens is 1. The Kier molecular flexibility index (Phi) is 3.52. The summed E-state index contributed by atoms with van der Waals surface area (Å²) in [6, 6.07) is 3.37. The molecule has 72 valence electrons. The molecule has 0 fully saturated rings. The number of methoxy groups -OCH3 is 1. The van der Waals surface area contributed by atoms with E-state index in [-0.39, 0.29) is 12.2 Å². The molecule has 0 saturated heterocycles. The molecule has 0 aromatic carbocycles. The number of nitrogens with zero attached hydrogens (tertiary/aromatic N) is 1. The Morgan fingerprint density at radius 1 is 1.62 bits per heavy atom. The van der Waals surface area contributed by atoms with Crippen LogP contribution in [-0.4, -0.2) is 23.4 Å². The second-order valence-corrected chi connectivity index (χ2v) is 2.65. The van der Waals surface area contributed by atoms with Gasteiger partial charge in [0.15, 0.2) is 5.75 Å². The molecule has 1 N–H and O–H groups in total. The lowest BCUT2D eigenvalue weighted by molar-refractivity contribution is 0.278. The van der Waals surface area contributed by atoms with E-state index >= 15 is 0 Å². The van der Waals surface area contributed by atoms with Crippen molar-refractivity contribution < 1.29 is 9.84 Å². The van der Waals surface area contributed by atoms with Crippen molar-refractivity contribution in [2.24, 2.45) is 0 Å². The van der Waals surface area contributed by atoms with Gasteiger partial charge in [-0.2, -0.15) is 0 Å². The van der Waals surface area contributed by atoms with E-state index in [0.29, 0.717) is 18.7 Å². The molecule has 0 atom stereocenters. The van der Waals surface area contributed by atoms with Crippen LogP contribution in [0, 0.1) is 0 Å². The van der Waals surface area contributed by atoms with E-state index in [1.807, 2.05) is 0 Å². The van der Waals surface area contributed by atoms with Crippen LogP contribution in [0.15, 0.2) is 23.1 Å². The first-order valence-electron chi connectivity index (χ1n) is 4.14. The van der Waals surface area contributed by atoms with Crippen molar-refractivity contribution in [2.75, 3.05) is 13.7 Å². The highest BCUT2D eigenvalue weighted by Gasteiger charge is 2.00. The van der Waals surface area contributed by atoms with Crippen LogP contribution in [0.4, 0.5) is 0 Å². The average Bonchev–Trinajstić information content (AvgIpc) is 2.16. The number of aliphatic hydroxyl groups is 1. The first-order valence-corrected chi connectivity index (χ1v) is 4.14. The van der Waals surface area contributed by atoms with E-state index in [0.717, 1.165) is 0 Å². The predicted octanol–water partition coefficient (Wildman–Crippen LogP) is 0.239. The van der Waals surface area contributed by atoms with Crippen LogP contribution in [0.25, 0.3) is 0 Å². The van der Waals surface area contributed by atoms with E-state index in [1.165, 1.54) is 11.7 Å². The topological polar surface area (TPSA) is 51.5 Å². The normalized spacial score (nSPS) is 10.0. The number of ether oxygens (including phenoxy) is 1. The van der Waals surface area contributed by atoms with E-state index in [4.69, 9.17) is 9.84 Å². The molecule has 4 nitrogen and oxygen atoms in total. The van der Waals surface area contributed by atoms with Crippen molar-refractivity contribution >= 4 is 0 Å². The van der Waals surface area contributed by atoms with Gasteiger partial charge in [-0.15, -0.1) is 0 Å². The summed E-state index contributed by atoms with van der Waals surface area (Å²) in [5, 5.41) is 8.60. The first kappa shape index (κ1) is 9.80. The van der Waals surface area contributed by atoms with Crippen LogP contribution in [0.3, 0.4) is 0 Å². The van der Waals surface area contributed by atoms with E-state index in [1.54, 1.807) is 18.3 Å². The molecule has 0 amide bonds. The van der Waals surface area contributed by atoms with Gasteiger partial charge >= 0.3 is 0 Å². The van der Waals surface area contributed by atoms with Crippen LogP contribution in [0.2, 0.25) is 0 Å². The highest BCUT2D eigenvalue weighted by atomic mass is 16.5. The van der Waals surface area contributed by atoms with E-state index < -0.39 is 0 Å². The molecular formula is C9H13NO3. The van der Waals surface area contributed by atoms with Crippen LogP contribution in [0.5, 0.6) is 5.75 Å². The fourth-order valence-electron chi connectivity index (χ4n) is 1.09. The lowest BCUT2D eigenvalue weighted by Crippen LogP contribution is -2.20. The maximum absolute atomic E-state index is 11.5. The number of aryl methyl sites for hydroxylation is 1. The molecular weight excluding hydrogens is 170 g/mol. The summed E-state index contributed by atoms with van der Waals surface area (Å²) in [6.07, 6.45) is 2.26. The smallest absolute Gasteiger partial charge is 0.292 e. The third-order valence-electron chi connectivity index (χ3n) is 1.76. The van der Waals surface area contributed by atoms with Crippen molar-refractivity contribution in [3.05, 3.63) is 28.7 Å². The Bertz CT molecular complexity index is 319. The van der Waals surface area contributed by atoms with Gasteiger partial charge in [0.05, 0.1) is 7.11 Å². The van der Waals surface area contributed by atoms with E-state index in [9.17, 15) is 4.79 Å². The Balaban J connectivity index is 2.88. The zero-order valence-corrected chi connectivity index (χ0v) is 7.56. The molecule has 0 aliphatic rings. The molecule has 0 bridgehead atoms. The quantitative estimate of drug-likeness (QED) is 0.727. The predicted molar refractivity (Wildman–Crippen MR) is 49.0 cm³/mol. The lowest BCUT2D eigenvalue weighted by atomic mass is 10.4. The minimum absolute atomic E-state index is 0.0870. The average molecular weight is 183 g/mol. The molecule has 1 aromatic heterocycles. The number of pyridine rings is 1. The number of hydrogen-bond acceptors (Lipinski definition) is 3. The van der Waals surface area contributed by atoms with Gasteiger partial charge in [-0.25, -0.2) is 0 Å². The second kappa shape index (κ2) is 4.67. The van der Waals surface area contributed by atoms with Gasteiger partial charge in [0.1, 0.15) is 0 Å². The Hall–Kier alpha value is -1.29. The monoisotopic (exact) mass is 183 g/mol. The molecule has 0 aliphatic carbocycles. The molecule has 0 spiro atoms. The summed E-state index contributed by atoms with van der Waals surface area (Å²) in [7, 11) is 1.47. The highest BCUT2D eigenvalue weighted by molar-refractivity contribution is 5.16. The van der Waals surface area contributed by atoms with Gasteiger partial charge in [0.25, 0.3) is 5.56 Å². The fourth-order valence-corrected chi connectivity index (χ4v) is 1.09. The molecule has 1 heterocycles. The largest absolute Gasteiger partial charge is 0.491 e. The molecule has 1 rings (SSSR count). The van der Waals surface area contributed by atoms with Crippen LogP contribution in [-0.2, 0) is 6.54 Å². The van der Waals surface area contributed by atoms with Crippen molar-refractivity contribution in [2.45, 2.75) is 13.0 Å². The molecule has 0 aliphatic heterocycles. The minimum atomic E-state index is -0.154. The third-order valence-corrected chi connectivity index (χ3v) is 1.76. The zero-order valence-electron chi connectivity index (χ0n) is 7.56. The minimum Gasteiger partial charge on any atom is -0.491 e. The Morgan fingerprint density at radius 3 is 3.00 bits per heavy atom. The third kappa shape index (κ3) is 2.32. The maximum atomic E-state index is 11.5. The summed E-state index contributed by atoms with van der Waals surface area (Å²) in [5.41, 5.74) is -0.154.